The highest BCUT2D eigenvalue weighted by molar-refractivity contribution is 5.16. The fourth-order valence-electron chi connectivity index (χ4n) is 3.02. The molecule has 2 heterocycles. The zero-order chi connectivity index (χ0) is 14.7. The van der Waals surface area contributed by atoms with E-state index in [0.717, 1.165) is 38.0 Å². The second-order valence-corrected chi connectivity index (χ2v) is 5.51. The Morgan fingerprint density at radius 3 is 2.67 bits per heavy atom. The number of piperidine rings is 1. The van der Waals surface area contributed by atoms with Crippen LogP contribution in [0.3, 0.4) is 0 Å². The van der Waals surface area contributed by atoms with Crippen molar-refractivity contribution in [2.75, 3.05) is 6.54 Å². The van der Waals surface area contributed by atoms with Gasteiger partial charge in [-0.05, 0) is 24.9 Å². The summed E-state index contributed by atoms with van der Waals surface area (Å²) in [6.45, 7) is 1.81. The number of nitrogens with one attached hydrogen (secondary N) is 2. The molecule has 1 aromatic heterocycles. The number of hydrogen-bond acceptors (Lipinski definition) is 3. The molecule has 1 aliphatic rings. The fourth-order valence-corrected chi connectivity index (χ4v) is 3.02. The molecule has 0 amide bonds. The van der Waals surface area contributed by atoms with Crippen LogP contribution in [0.25, 0.3) is 0 Å². The number of likely N-dealkylation sites (tertiary alicyclic amines) is 1. The van der Waals surface area contributed by atoms with Gasteiger partial charge in [-0.1, -0.05) is 36.8 Å². The van der Waals surface area contributed by atoms with Gasteiger partial charge in [-0.25, -0.2) is 4.79 Å². The molecule has 1 aliphatic heterocycles. The molecule has 5 nitrogen and oxygen atoms in total. The summed E-state index contributed by atoms with van der Waals surface area (Å²) in [5.74, 6) is 0. The summed E-state index contributed by atoms with van der Waals surface area (Å²) >= 11 is 0. The minimum atomic E-state index is -0.428. The highest BCUT2D eigenvalue weighted by atomic mass is 16.2. The van der Waals surface area contributed by atoms with E-state index in [1.165, 1.54) is 11.6 Å². The van der Waals surface area contributed by atoms with Crippen molar-refractivity contribution in [1.29, 1.82) is 0 Å². The summed E-state index contributed by atoms with van der Waals surface area (Å²) in [6.07, 6.45) is 3.23. The molecule has 2 N–H and O–H groups in total. The third kappa shape index (κ3) is 3.31. The average molecular weight is 285 g/mol. The van der Waals surface area contributed by atoms with Crippen LogP contribution >= 0.6 is 0 Å². The Morgan fingerprint density at radius 2 is 1.90 bits per heavy atom. The standard InChI is InChI=1S/C16H19N3O2/c20-15-10-13(17-16(21)18-15)14-8-4-5-9-19(14)11-12-6-2-1-3-7-12/h1-3,6-7,10,14H,4-5,8-9,11H2,(H2,17,18,20,21). The first-order valence-electron chi connectivity index (χ1n) is 7.34. The summed E-state index contributed by atoms with van der Waals surface area (Å²) in [5.41, 5.74) is 1.21. The van der Waals surface area contributed by atoms with Crippen LogP contribution in [0.5, 0.6) is 0 Å². The van der Waals surface area contributed by atoms with E-state index in [9.17, 15) is 9.59 Å². The molecule has 1 unspecified atom stereocenters. The minimum Gasteiger partial charge on any atom is -0.310 e. The van der Waals surface area contributed by atoms with Crippen LogP contribution in [0.4, 0.5) is 0 Å². The van der Waals surface area contributed by atoms with Gasteiger partial charge in [0.05, 0.1) is 6.04 Å². The van der Waals surface area contributed by atoms with Gasteiger partial charge in [-0.15, -0.1) is 0 Å². The average Bonchev–Trinajstić information content (AvgIpc) is 2.48. The van der Waals surface area contributed by atoms with Gasteiger partial charge in [0.15, 0.2) is 0 Å². The molecule has 1 saturated heterocycles. The summed E-state index contributed by atoms with van der Waals surface area (Å²) in [4.78, 5) is 30.4. The zero-order valence-electron chi connectivity index (χ0n) is 11.8. The van der Waals surface area contributed by atoms with Crippen LogP contribution in [0.2, 0.25) is 0 Å². The molecular weight excluding hydrogens is 266 g/mol. The van der Waals surface area contributed by atoms with Crippen molar-refractivity contribution in [1.82, 2.24) is 14.9 Å². The number of aromatic amines is 2. The molecular formula is C16H19N3O2. The third-order valence-corrected chi connectivity index (χ3v) is 3.98. The van der Waals surface area contributed by atoms with Crippen LogP contribution < -0.4 is 11.2 Å². The van der Waals surface area contributed by atoms with E-state index in [1.807, 2.05) is 18.2 Å². The first kappa shape index (κ1) is 13.8. The highest BCUT2D eigenvalue weighted by Crippen LogP contribution is 2.30. The molecule has 1 aromatic carbocycles. The van der Waals surface area contributed by atoms with Gasteiger partial charge in [0, 0.05) is 18.3 Å². The van der Waals surface area contributed by atoms with Gasteiger partial charge in [-0.2, -0.15) is 0 Å². The molecule has 2 aromatic rings. The molecule has 0 aliphatic carbocycles. The van der Waals surface area contributed by atoms with E-state index >= 15 is 0 Å². The molecule has 5 heteroatoms. The summed E-state index contributed by atoms with van der Waals surface area (Å²) < 4.78 is 0. The van der Waals surface area contributed by atoms with Gasteiger partial charge in [0.1, 0.15) is 0 Å². The third-order valence-electron chi connectivity index (χ3n) is 3.98. The van der Waals surface area contributed by atoms with E-state index in [2.05, 4.69) is 27.0 Å². The number of aromatic nitrogens is 2. The minimum absolute atomic E-state index is 0.106. The molecule has 0 spiro atoms. The van der Waals surface area contributed by atoms with Crippen LogP contribution in [-0.4, -0.2) is 21.4 Å². The second-order valence-electron chi connectivity index (χ2n) is 5.51. The Morgan fingerprint density at radius 1 is 1.10 bits per heavy atom. The van der Waals surface area contributed by atoms with E-state index < -0.39 is 5.69 Å². The molecule has 0 saturated carbocycles. The topological polar surface area (TPSA) is 69.0 Å². The summed E-state index contributed by atoms with van der Waals surface area (Å²) in [7, 11) is 0. The summed E-state index contributed by atoms with van der Waals surface area (Å²) in [5, 5.41) is 0. The van der Waals surface area contributed by atoms with Gasteiger partial charge >= 0.3 is 5.69 Å². The molecule has 1 atom stereocenters. The number of benzene rings is 1. The largest absolute Gasteiger partial charge is 0.325 e. The van der Waals surface area contributed by atoms with E-state index in [-0.39, 0.29) is 11.6 Å². The molecule has 21 heavy (non-hydrogen) atoms. The first-order valence-corrected chi connectivity index (χ1v) is 7.34. The highest BCUT2D eigenvalue weighted by Gasteiger charge is 2.25. The Kier molecular flexibility index (Phi) is 4.01. The van der Waals surface area contributed by atoms with E-state index in [0.29, 0.717) is 0 Å². The molecule has 3 rings (SSSR count). The van der Waals surface area contributed by atoms with Crippen molar-refractivity contribution in [3.05, 3.63) is 68.5 Å². The Balaban J connectivity index is 1.87. The smallest absolute Gasteiger partial charge is 0.310 e. The van der Waals surface area contributed by atoms with Crippen molar-refractivity contribution in [2.24, 2.45) is 0 Å². The predicted octanol–water partition coefficient (Wildman–Crippen LogP) is 1.79. The maximum atomic E-state index is 11.5. The number of hydrogen-bond donors (Lipinski definition) is 2. The van der Waals surface area contributed by atoms with E-state index in [4.69, 9.17) is 0 Å². The quantitative estimate of drug-likeness (QED) is 0.903. The number of H-pyrrole nitrogens is 2. The van der Waals surface area contributed by atoms with Crippen LogP contribution in [0, 0.1) is 0 Å². The lowest BCUT2D eigenvalue weighted by Gasteiger charge is -2.35. The van der Waals surface area contributed by atoms with Gasteiger partial charge in [0.2, 0.25) is 0 Å². The molecule has 1 fully saturated rings. The van der Waals surface area contributed by atoms with Crippen molar-refractivity contribution in [2.45, 2.75) is 31.8 Å². The molecule has 0 bridgehead atoms. The van der Waals surface area contributed by atoms with Crippen molar-refractivity contribution < 1.29 is 0 Å². The molecule has 0 radical (unpaired) electrons. The van der Waals surface area contributed by atoms with Gasteiger partial charge in [-0.3, -0.25) is 14.7 Å². The fraction of sp³-hybridized carbons (Fsp3) is 0.375. The zero-order valence-corrected chi connectivity index (χ0v) is 11.8. The van der Waals surface area contributed by atoms with E-state index in [1.54, 1.807) is 0 Å². The van der Waals surface area contributed by atoms with Crippen molar-refractivity contribution in [3.63, 3.8) is 0 Å². The second kappa shape index (κ2) is 6.10. The first-order chi connectivity index (χ1) is 10.2. The SMILES string of the molecule is O=c1cc(C2CCCCN2Cc2ccccc2)[nH]c(=O)[nH]1. The number of nitrogens with zero attached hydrogens (tertiary/aromatic N) is 1. The van der Waals surface area contributed by atoms with Gasteiger partial charge < -0.3 is 4.98 Å². The van der Waals surface area contributed by atoms with Crippen LogP contribution in [-0.2, 0) is 6.54 Å². The lowest BCUT2D eigenvalue weighted by atomic mass is 9.98. The van der Waals surface area contributed by atoms with Crippen LogP contribution in [0.15, 0.2) is 46.0 Å². The summed E-state index contributed by atoms with van der Waals surface area (Å²) in [6, 6.07) is 11.9. The monoisotopic (exact) mass is 285 g/mol. The Bertz CT molecular complexity index is 677. The predicted molar refractivity (Wildman–Crippen MR) is 81.1 cm³/mol. The Labute approximate surface area is 122 Å². The maximum absolute atomic E-state index is 11.5. The maximum Gasteiger partial charge on any atom is 0.325 e. The molecule has 110 valence electrons. The number of rotatable bonds is 3. The van der Waals surface area contributed by atoms with Crippen molar-refractivity contribution >= 4 is 0 Å². The lowest BCUT2D eigenvalue weighted by molar-refractivity contribution is 0.137. The van der Waals surface area contributed by atoms with Crippen LogP contribution in [0.1, 0.15) is 36.6 Å². The van der Waals surface area contributed by atoms with Gasteiger partial charge in [0.25, 0.3) is 5.56 Å². The lowest BCUT2D eigenvalue weighted by Crippen LogP contribution is -2.36. The van der Waals surface area contributed by atoms with Crippen molar-refractivity contribution in [3.8, 4) is 0 Å². The normalized spacial score (nSPS) is 19.5. The Hall–Kier alpha value is -2.14.